The van der Waals surface area contributed by atoms with Crippen LogP contribution < -0.4 is 16.3 Å². The van der Waals surface area contributed by atoms with Crippen LogP contribution in [0.2, 0.25) is 0 Å². The number of amides is 1. The molecule has 8 heteroatoms. The molecule has 0 fully saturated rings. The Balaban J connectivity index is 2.68. The monoisotopic (exact) mass is 269 g/mol. The van der Waals surface area contributed by atoms with Crippen molar-refractivity contribution in [3.8, 4) is 0 Å². The summed E-state index contributed by atoms with van der Waals surface area (Å²) < 4.78 is 0. The molecule has 0 heterocycles. The number of aliphatic carboxylic acids is 1. The number of carboxylic acids is 1. The van der Waals surface area contributed by atoms with Gasteiger partial charge in [-0.1, -0.05) is 0 Å². The number of carbonyl (C=O) groups is 2. The van der Waals surface area contributed by atoms with Crippen molar-refractivity contribution in [1.82, 2.24) is 0 Å². The maximum Gasteiger partial charge on any atom is 0.326 e. The zero-order chi connectivity index (χ0) is 14.4. The molecule has 0 aromatic heterocycles. The van der Waals surface area contributed by atoms with Crippen LogP contribution in [0, 0.1) is 5.21 Å². The van der Waals surface area contributed by atoms with Gasteiger partial charge in [0.05, 0.1) is 0 Å². The zero-order valence-electron chi connectivity index (χ0n) is 10.00. The third-order valence-corrected chi connectivity index (χ3v) is 2.45. The summed E-state index contributed by atoms with van der Waals surface area (Å²) in [6.07, 6.45) is 0.0164. The number of rotatable bonds is 7. The molecule has 0 saturated carbocycles. The van der Waals surface area contributed by atoms with Crippen molar-refractivity contribution >= 4 is 23.3 Å². The molecule has 2 atom stereocenters. The molecule has 104 valence electrons. The van der Waals surface area contributed by atoms with Gasteiger partial charge in [0.2, 0.25) is 5.91 Å². The van der Waals surface area contributed by atoms with Crippen LogP contribution in [0.25, 0.3) is 0 Å². The molecule has 6 N–H and O–H groups in total. The van der Waals surface area contributed by atoms with Crippen LogP contribution in [0.4, 0.5) is 11.4 Å². The van der Waals surface area contributed by atoms with Crippen molar-refractivity contribution in [2.75, 3.05) is 5.32 Å². The third-order valence-electron chi connectivity index (χ3n) is 2.45. The normalized spacial score (nSPS) is 13.6. The summed E-state index contributed by atoms with van der Waals surface area (Å²) in [5, 5.41) is 30.0. The van der Waals surface area contributed by atoms with Crippen LogP contribution in [0.15, 0.2) is 24.3 Å². The molecule has 1 amide bonds. The van der Waals surface area contributed by atoms with Gasteiger partial charge in [0.1, 0.15) is 6.04 Å². The van der Waals surface area contributed by atoms with E-state index in [1.54, 1.807) is 0 Å². The van der Waals surface area contributed by atoms with E-state index in [9.17, 15) is 14.8 Å². The number of anilines is 1. The number of carbonyl (C=O) groups excluding carboxylic acids is 1. The number of quaternary nitrogens is 1. The summed E-state index contributed by atoms with van der Waals surface area (Å²) >= 11 is 0. The van der Waals surface area contributed by atoms with Crippen LogP contribution in [0.1, 0.15) is 12.8 Å². The predicted molar refractivity (Wildman–Crippen MR) is 65.7 cm³/mol. The van der Waals surface area contributed by atoms with Crippen molar-refractivity contribution in [3.63, 3.8) is 0 Å². The SMILES string of the molecule is NC(=O)CC[C@H](Nc1ccc([NH+]([O-])O)cc1)C(=O)O. The van der Waals surface area contributed by atoms with Crippen LogP contribution in [-0.2, 0) is 9.59 Å². The Kier molecular flexibility index (Phi) is 5.24. The van der Waals surface area contributed by atoms with E-state index in [4.69, 9.17) is 16.0 Å². The minimum absolute atomic E-state index is 0.0445. The lowest BCUT2D eigenvalue weighted by Gasteiger charge is -2.16. The van der Waals surface area contributed by atoms with Crippen LogP contribution >= 0.6 is 0 Å². The molecule has 0 radical (unpaired) electrons. The summed E-state index contributed by atoms with van der Waals surface area (Å²) in [6.45, 7) is 0. The Bertz CT molecular complexity index is 446. The topological polar surface area (TPSA) is 140 Å². The highest BCUT2D eigenvalue weighted by atomic mass is 16.8. The van der Waals surface area contributed by atoms with Gasteiger partial charge >= 0.3 is 5.97 Å². The van der Waals surface area contributed by atoms with Crippen molar-refractivity contribution in [2.24, 2.45) is 5.73 Å². The highest BCUT2D eigenvalue weighted by molar-refractivity contribution is 5.79. The van der Waals surface area contributed by atoms with E-state index in [1.807, 2.05) is 0 Å². The highest BCUT2D eigenvalue weighted by Gasteiger charge is 2.17. The Hall–Kier alpha value is -2.16. The largest absolute Gasteiger partial charge is 0.595 e. The number of benzene rings is 1. The standard InChI is InChI=1S/C11H15N3O5/c12-10(15)6-5-9(11(16)17)13-7-1-3-8(4-2-7)14(18)19/h1-4,9,13-14,18H,5-6H2,(H2,12,15)(H,16,17)/t9-/m0/s1. The molecule has 1 aromatic rings. The first-order valence-electron chi connectivity index (χ1n) is 5.51. The van der Waals surface area contributed by atoms with Gasteiger partial charge in [-0.25, -0.2) is 10.0 Å². The van der Waals surface area contributed by atoms with E-state index in [-0.39, 0.29) is 18.5 Å². The fourth-order valence-electron chi connectivity index (χ4n) is 1.45. The first-order chi connectivity index (χ1) is 8.90. The average molecular weight is 269 g/mol. The molecule has 8 nitrogen and oxygen atoms in total. The van der Waals surface area contributed by atoms with Crippen molar-refractivity contribution in [3.05, 3.63) is 29.5 Å². The first kappa shape index (κ1) is 14.9. The summed E-state index contributed by atoms with van der Waals surface area (Å²) in [5.41, 5.74) is 5.53. The van der Waals surface area contributed by atoms with Gasteiger partial charge < -0.3 is 21.4 Å². The van der Waals surface area contributed by atoms with Gasteiger partial charge in [-0.05, 0) is 18.6 Å². The number of nitrogens with one attached hydrogen (secondary N) is 2. The number of hydrogen-bond donors (Lipinski definition) is 5. The molecule has 1 rings (SSSR count). The lowest BCUT2D eigenvalue weighted by molar-refractivity contribution is -0.991. The quantitative estimate of drug-likeness (QED) is 0.411. The van der Waals surface area contributed by atoms with Crippen molar-refractivity contribution < 1.29 is 25.1 Å². The van der Waals surface area contributed by atoms with Gasteiger partial charge in [0, 0.05) is 24.2 Å². The van der Waals surface area contributed by atoms with E-state index in [0.29, 0.717) is 5.69 Å². The average Bonchev–Trinajstić information content (AvgIpc) is 2.34. The Morgan fingerprint density at radius 3 is 2.37 bits per heavy atom. The molecule has 0 aliphatic heterocycles. The minimum Gasteiger partial charge on any atom is -0.595 e. The maximum absolute atomic E-state index is 11.0. The lowest BCUT2D eigenvalue weighted by atomic mass is 10.1. The van der Waals surface area contributed by atoms with Crippen LogP contribution in [-0.4, -0.2) is 28.2 Å². The van der Waals surface area contributed by atoms with Gasteiger partial charge in [-0.3, -0.25) is 4.79 Å². The fraction of sp³-hybridized carbons (Fsp3) is 0.273. The van der Waals surface area contributed by atoms with Crippen LogP contribution in [0.5, 0.6) is 0 Å². The molecular formula is C11H15N3O5. The van der Waals surface area contributed by atoms with E-state index >= 15 is 0 Å². The molecule has 0 spiro atoms. The molecule has 1 unspecified atom stereocenters. The molecule has 0 bridgehead atoms. The Morgan fingerprint density at radius 2 is 1.95 bits per heavy atom. The van der Waals surface area contributed by atoms with Crippen LogP contribution in [0.3, 0.4) is 0 Å². The molecule has 19 heavy (non-hydrogen) atoms. The minimum atomic E-state index is -1.11. The molecule has 0 aliphatic rings. The highest BCUT2D eigenvalue weighted by Crippen LogP contribution is 2.13. The molecule has 0 aliphatic carbocycles. The summed E-state index contributed by atoms with van der Waals surface area (Å²) in [6, 6.07) is 4.69. The Morgan fingerprint density at radius 1 is 1.37 bits per heavy atom. The smallest absolute Gasteiger partial charge is 0.326 e. The zero-order valence-corrected chi connectivity index (χ0v) is 10.00. The predicted octanol–water partition coefficient (Wildman–Crippen LogP) is -0.779. The van der Waals surface area contributed by atoms with E-state index in [1.165, 1.54) is 24.3 Å². The number of carboxylic acid groups (broad SMARTS) is 1. The second-order valence-corrected chi connectivity index (χ2v) is 3.92. The third kappa shape index (κ3) is 4.92. The van der Waals surface area contributed by atoms with E-state index in [0.717, 1.165) is 0 Å². The summed E-state index contributed by atoms with van der Waals surface area (Å²) in [5.74, 6) is -1.68. The molecule has 0 saturated heterocycles. The van der Waals surface area contributed by atoms with Crippen molar-refractivity contribution in [2.45, 2.75) is 18.9 Å². The van der Waals surface area contributed by atoms with Gasteiger partial charge in [0.15, 0.2) is 5.69 Å². The first-order valence-corrected chi connectivity index (χ1v) is 5.51. The number of hydrogen-bond acceptors (Lipinski definition) is 5. The van der Waals surface area contributed by atoms with Gasteiger partial charge in [-0.2, -0.15) is 5.23 Å². The lowest BCUT2D eigenvalue weighted by Crippen LogP contribution is -2.99. The Labute approximate surface area is 109 Å². The molecule has 1 aromatic carbocycles. The second kappa shape index (κ2) is 6.69. The fourth-order valence-corrected chi connectivity index (χ4v) is 1.45. The molecular weight excluding hydrogens is 254 g/mol. The summed E-state index contributed by atoms with van der Waals surface area (Å²) in [7, 11) is 0. The van der Waals surface area contributed by atoms with Gasteiger partial charge in [-0.15, -0.1) is 0 Å². The van der Waals surface area contributed by atoms with E-state index in [2.05, 4.69) is 5.32 Å². The number of primary amides is 1. The van der Waals surface area contributed by atoms with E-state index < -0.39 is 23.1 Å². The van der Waals surface area contributed by atoms with Crippen molar-refractivity contribution in [1.29, 1.82) is 0 Å². The summed E-state index contributed by atoms with van der Waals surface area (Å²) in [4.78, 5) is 21.6. The number of nitrogens with two attached hydrogens (primary N) is 1. The van der Waals surface area contributed by atoms with Gasteiger partial charge in [0.25, 0.3) is 0 Å². The second-order valence-electron chi connectivity index (χ2n) is 3.92. The maximum atomic E-state index is 11.0.